The highest BCUT2D eigenvalue weighted by atomic mass is 16.4. The van der Waals surface area contributed by atoms with Gasteiger partial charge < -0.3 is 15.3 Å². The molecule has 1 aliphatic rings. The summed E-state index contributed by atoms with van der Waals surface area (Å²) in [7, 11) is 2.12. The number of aliphatic carboxylic acids is 1. The molecular weight excluding hydrogens is 244 g/mol. The summed E-state index contributed by atoms with van der Waals surface area (Å²) in [6.45, 7) is 5.71. The average Bonchev–Trinajstić information content (AvgIpc) is 2.25. The zero-order valence-corrected chi connectivity index (χ0v) is 12.2. The molecule has 19 heavy (non-hydrogen) atoms. The number of carboxylic acids is 1. The normalized spacial score (nSPS) is 18.3. The van der Waals surface area contributed by atoms with Gasteiger partial charge in [-0.1, -0.05) is 0 Å². The van der Waals surface area contributed by atoms with Crippen LogP contribution in [-0.2, 0) is 9.59 Å². The van der Waals surface area contributed by atoms with Crippen LogP contribution in [0.4, 0.5) is 0 Å². The highest BCUT2D eigenvalue weighted by Gasteiger charge is 2.24. The van der Waals surface area contributed by atoms with E-state index >= 15 is 0 Å². The molecule has 110 valence electrons. The van der Waals surface area contributed by atoms with Crippen LogP contribution in [0.1, 0.15) is 46.0 Å². The fourth-order valence-electron chi connectivity index (χ4n) is 2.55. The predicted octanol–water partition coefficient (Wildman–Crippen LogP) is 1.48. The van der Waals surface area contributed by atoms with Crippen LogP contribution in [-0.4, -0.2) is 47.6 Å². The first-order valence-electron chi connectivity index (χ1n) is 7.00. The molecule has 0 spiro atoms. The molecular formula is C14H26N2O3. The molecule has 5 nitrogen and oxygen atoms in total. The number of nitrogens with one attached hydrogen (secondary N) is 1. The summed E-state index contributed by atoms with van der Waals surface area (Å²) in [6, 6.07) is 0. The van der Waals surface area contributed by atoms with Crippen LogP contribution in [0, 0.1) is 5.92 Å². The largest absolute Gasteiger partial charge is 0.481 e. The van der Waals surface area contributed by atoms with Crippen LogP contribution in [0.5, 0.6) is 0 Å². The van der Waals surface area contributed by atoms with Crippen LogP contribution in [0.2, 0.25) is 0 Å². The van der Waals surface area contributed by atoms with Crippen LogP contribution in [0.15, 0.2) is 0 Å². The summed E-state index contributed by atoms with van der Waals surface area (Å²) in [6.07, 6.45) is 3.66. The Hall–Kier alpha value is -1.10. The molecule has 0 saturated carbocycles. The van der Waals surface area contributed by atoms with Gasteiger partial charge in [0, 0.05) is 12.0 Å². The number of amides is 1. The van der Waals surface area contributed by atoms with Crippen molar-refractivity contribution in [3.63, 3.8) is 0 Å². The molecule has 1 fully saturated rings. The molecule has 1 rings (SSSR count). The van der Waals surface area contributed by atoms with Gasteiger partial charge >= 0.3 is 5.97 Å². The summed E-state index contributed by atoms with van der Waals surface area (Å²) < 4.78 is 0. The Morgan fingerprint density at radius 2 is 1.89 bits per heavy atom. The van der Waals surface area contributed by atoms with Gasteiger partial charge in [0.1, 0.15) is 0 Å². The molecule has 0 aromatic carbocycles. The number of carbonyl (C=O) groups excluding carboxylic acids is 1. The third-order valence-corrected chi connectivity index (χ3v) is 3.69. The fourth-order valence-corrected chi connectivity index (χ4v) is 2.55. The van der Waals surface area contributed by atoms with Crippen LogP contribution < -0.4 is 5.32 Å². The van der Waals surface area contributed by atoms with Gasteiger partial charge in [0.05, 0.1) is 6.42 Å². The van der Waals surface area contributed by atoms with E-state index in [1.165, 1.54) is 0 Å². The van der Waals surface area contributed by atoms with Crippen molar-refractivity contribution in [3.8, 4) is 0 Å². The number of nitrogens with zero attached hydrogens (tertiary/aromatic N) is 1. The molecule has 1 heterocycles. The van der Waals surface area contributed by atoms with Gasteiger partial charge in [0.25, 0.3) is 0 Å². The highest BCUT2D eigenvalue weighted by Crippen LogP contribution is 2.21. The van der Waals surface area contributed by atoms with Gasteiger partial charge in [-0.2, -0.15) is 0 Å². The number of hydrogen-bond acceptors (Lipinski definition) is 3. The Bertz CT molecular complexity index is 321. The van der Waals surface area contributed by atoms with E-state index in [4.69, 9.17) is 5.11 Å². The number of piperidine rings is 1. The molecule has 2 N–H and O–H groups in total. The topological polar surface area (TPSA) is 69.6 Å². The standard InChI is InChI=1S/C14H26N2O3/c1-14(2,10-13(18)19)15-12(17)5-4-11-6-8-16(3)9-7-11/h11H,4-10H2,1-3H3,(H,15,17)(H,18,19). The van der Waals surface area contributed by atoms with Crippen molar-refractivity contribution in [1.29, 1.82) is 0 Å². The van der Waals surface area contributed by atoms with Gasteiger partial charge in [0.2, 0.25) is 5.91 Å². The number of likely N-dealkylation sites (tertiary alicyclic amines) is 1. The first kappa shape index (κ1) is 16.0. The second-order valence-electron chi connectivity index (χ2n) is 6.29. The van der Waals surface area contributed by atoms with Crippen molar-refractivity contribution in [1.82, 2.24) is 10.2 Å². The lowest BCUT2D eigenvalue weighted by molar-refractivity contribution is -0.138. The zero-order valence-electron chi connectivity index (χ0n) is 12.2. The summed E-state index contributed by atoms with van der Waals surface area (Å²) >= 11 is 0. The Labute approximate surface area is 115 Å². The second-order valence-corrected chi connectivity index (χ2v) is 6.29. The quantitative estimate of drug-likeness (QED) is 0.767. The summed E-state index contributed by atoms with van der Waals surface area (Å²) in [4.78, 5) is 24.8. The maximum atomic E-state index is 11.8. The van der Waals surface area contributed by atoms with E-state index in [1.807, 2.05) is 0 Å². The molecule has 1 saturated heterocycles. The summed E-state index contributed by atoms with van der Waals surface area (Å²) in [5, 5.41) is 11.6. The number of hydrogen-bond donors (Lipinski definition) is 2. The Morgan fingerprint density at radius 3 is 2.42 bits per heavy atom. The van der Waals surface area contributed by atoms with Crippen molar-refractivity contribution in [2.75, 3.05) is 20.1 Å². The highest BCUT2D eigenvalue weighted by molar-refractivity contribution is 5.78. The van der Waals surface area contributed by atoms with Gasteiger partial charge in [-0.25, -0.2) is 0 Å². The van der Waals surface area contributed by atoms with Crippen molar-refractivity contribution in [2.24, 2.45) is 5.92 Å². The zero-order chi connectivity index (χ0) is 14.5. The van der Waals surface area contributed by atoms with Crippen molar-refractivity contribution >= 4 is 11.9 Å². The average molecular weight is 270 g/mol. The SMILES string of the molecule is CN1CCC(CCC(=O)NC(C)(C)CC(=O)O)CC1. The van der Waals surface area contributed by atoms with Gasteiger partial charge in [-0.05, 0) is 59.2 Å². The van der Waals surface area contributed by atoms with E-state index in [2.05, 4.69) is 17.3 Å². The summed E-state index contributed by atoms with van der Waals surface area (Å²) in [5.74, 6) is -0.296. The first-order chi connectivity index (χ1) is 8.78. The van der Waals surface area contributed by atoms with E-state index in [0.29, 0.717) is 12.3 Å². The minimum absolute atomic E-state index is 0.0369. The predicted molar refractivity (Wildman–Crippen MR) is 73.9 cm³/mol. The molecule has 0 aromatic heterocycles. The van der Waals surface area contributed by atoms with Crippen LogP contribution in [0.25, 0.3) is 0 Å². The van der Waals surface area contributed by atoms with Crippen LogP contribution in [0.3, 0.4) is 0 Å². The number of rotatable bonds is 6. The van der Waals surface area contributed by atoms with E-state index in [-0.39, 0.29) is 12.3 Å². The molecule has 0 radical (unpaired) electrons. The maximum absolute atomic E-state index is 11.8. The molecule has 1 amide bonds. The van der Waals surface area contributed by atoms with Gasteiger partial charge in [-0.15, -0.1) is 0 Å². The van der Waals surface area contributed by atoms with Gasteiger partial charge in [0.15, 0.2) is 0 Å². The Balaban J connectivity index is 2.26. The maximum Gasteiger partial charge on any atom is 0.305 e. The monoisotopic (exact) mass is 270 g/mol. The molecule has 0 bridgehead atoms. The van der Waals surface area contributed by atoms with E-state index in [9.17, 15) is 9.59 Å². The molecule has 0 unspecified atom stereocenters. The minimum Gasteiger partial charge on any atom is -0.481 e. The number of carbonyl (C=O) groups is 2. The number of carboxylic acid groups (broad SMARTS) is 1. The lowest BCUT2D eigenvalue weighted by Crippen LogP contribution is -2.45. The first-order valence-corrected chi connectivity index (χ1v) is 7.00. The van der Waals surface area contributed by atoms with E-state index in [0.717, 1.165) is 32.4 Å². The lowest BCUT2D eigenvalue weighted by Gasteiger charge is -2.29. The Morgan fingerprint density at radius 1 is 1.32 bits per heavy atom. The molecule has 1 aliphatic heterocycles. The van der Waals surface area contributed by atoms with Crippen molar-refractivity contribution in [2.45, 2.75) is 51.5 Å². The van der Waals surface area contributed by atoms with Crippen LogP contribution >= 0.6 is 0 Å². The van der Waals surface area contributed by atoms with Crippen molar-refractivity contribution in [3.05, 3.63) is 0 Å². The third kappa shape index (κ3) is 6.57. The minimum atomic E-state index is -0.888. The molecule has 5 heteroatoms. The smallest absolute Gasteiger partial charge is 0.305 e. The Kier molecular flexibility index (Phi) is 5.79. The second kappa shape index (κ2) is 6.89. The molecule has 0 atom stereocenters. The summed E-state index contributed by atoms with van der Waals surface area (Å²) in [5.41, 5.74) is -0.671. The molecule has 0 aliphatic carbocycles. The fraction of sp³-hybridized carbons (Fsp3) is 0.857. The van der Waals surface area contributed by atoms with Crippen molar-refractivity contribution < 1.29 is 14.7 Å². The molecule has 0 aromatic rings. The third-order valence-electron chi connectivity index (χ3n) is 3.69. The lowest BCUT2D eigenvalue weighted by atomic mass is 9.92. The van der Waals surface area contributed by atoms with E-state index in [1.54, 1.807) is 13.8 Å². The van der Waals surface area contributed by atoms with Gasteiger partial charge in [-0.3, -0.25) is 9.59 Å². The van der Waals surface area contributed by atoms with E-state index < -0.39 is 11.5 Å².